The number of ketones is 1. The van der Waals surface area contributed by atoms with Crippen molar-refractivity contribution in [3.05, 3.63) is 29.6 Å². The number of halogens is 1. The summed E-state index contributed by atoms with van der Waals surface area (Å²) in [5.74, 6) is -1.04. The van der Waals surface area contributed by atoms with Gasteiger partial charge in [0.15, 0.2) is 5.78 Å². The maximum Gasteiger partial charge on any atom is 0.221 e. The Morgan fingerprint density at radius 2 is 2.00 bits per heavy atom. The number of hydrogen-bond donors (Lipinski definition) is 2. The fourth-order valence-electron chi connectivity index (χ4n) is 1.39. The molecule has 0 radical (unpaired) electrons. The topological polar surface area (TPSA) is 58.2 Å². The standard InChI is InChI=1S/C12H15FN2O2/c1-7(14-3)12(17)10-5-4-9(13)6-11(10)15-8(2)16/h4-7,14H,1-3H3,(H,15,16). The quantitative estimate of drug-likeness (QED) is 0.783. The molecule has 0 spiro atoms. The first kappa shape index (κ1) is 13.3. The number of benzene rings is 1. The molecule has 0 heterocycles. The van der Waals surface area contributed by atoms with Crippen LogP contribution in [0.1, 0.15) is 24.2 Å². The van der Waals surface area contributed by atoms with Crippen molar-refractivity contribution in [3.63, 3.8) is 0 Å². The van der Waals surface area contributed by atoms with Gasteiger partial charge in [-0.3, -0.25) is 9.59 Å². The number of amides is 1. The van der Waals surface area contributed by atoms with Crippen molar-refractivity contribution >= 4 is 17.4 Å². The smallest absolute Gasteiger partial charge is 0.221 e. The van der Waals surface area contributed by atoms with E-state index in [1.807, 2.05) is 0 Å². The fourth-order valence-corrected chi connectivity index (χ4v) is 1.39. The van der Waals surface area contributed by atoms with E-state index in [1.54, 1.807) is 14.0 Å². The summed E-state index contributed by atoms with van der Waals surface area (Å²) in [6.07, 6.45) is 0. The van der Waals surface area contributed by atoms with Gasteiger partial charge in [-0.2, -0.15) is 0 Å². The van der Waals surface area contributed by atoms with E-state index in [0.29, 0.717) is 5.56 Å². The van der Waals surface area contributed by atoms with E-state index >= 15 is 0 Å². The third-order valence-electron chi connectivity index (χ3n) is 2.38. The number of carbonyl (C=O) groups is 2. The molecule has 1 amide bonds. The minimum Gasteiger partial charge on any atom is -0.326 e. The van der Waals surface area contributed by atoms with Crippen LogP contribution in [-0.4, -0.2) is 24.8 Å². The molecule has 0 fully saturated rings. The van der Waals surface area contributed by atoms with Gasteiger partial charge in [-0.25, -0.2) is 4.39 Å². The third-order valence-corrected chi connectivity index (χ3v) is 2.38. The van der Waals surface area contributed by atoms with Gasteiger partial charge in [0.2, 0.25) is 5.91 Å². The number of hydrogen-bond acceptors (Lipinski definition) is 3. The molecule has 5 heteroatoms. The number of carbonyl (C=O) groups excluding carboxylic acids is 2. The van der Waals surface area contributed by atoms with E-state index in [-0.39, 0.29) is 17.4 Å². The molecule has 1 atom stereocenters. The van der Waals surface area contributed by atoms with Crippen molar-refractivity contribution in [1.82, 2.24) is 5.32 Å². The lowest BCUT2D eigenvalue weighted by molar-refractivity contribution is -0.114. The molecule has 0 aromatic heterocycles. The summed E-state index contributed by atoms with van der Waals surface area (Å²) in [7, 11) is 1.66. The molecule has 1 rings (SSSR count). The highest BCUT2D eigenvalue weighted by atomic mass is 19.1. The summed E-state index contributed by atoms with van der Waals surface area (Å²) in [6.45, 7) is 3.00. The van der Waals surface area contributed by atoms with E-state index in [9.17, 15) is 14.0 Å². The largest absolute Gasteiger partial charge is 0.326 e. The second-order valence-electron chi connectivity index (χ2n) is 3.75. The second kappa shape index (κ2) is 5.54. The number of anilines is 1. The van der Waals surface area contributed by atoms with E-state index in [1.165, 1.54) is 19.1 Å². The normalized spacial score (nSPS) is 12.0. The van der Waals surface area contributed by atoms with Crippen molar-refractivity contribution in [2.24, 2.45) is 0 Å². The molecule has 2 N–H and O–H groups in total. The van der Waals surface area contributed by atoms with Crippen molar-refractivity contribution in [2.45, 2.75) is 19.9 Å². The van der Waals surface area contributed by atoms with E-state index in [0.717, 1.165) is 6.07 Å². The summed E-state index contributed by atoms with van der Waals surface area (Å²) in [4.78, 5) is 22.9. The number of likely N-dealkylation sites (N-methyl/N-ethyl adjacent to an activating group) is 1. The van der Waals surface area contributed by atoms with Gasteiger partial charge in [0, 0.05) is 12.5 Å². The molecular weight excluding hydrogens is 223 g/mol. The molecule has 1 aromatic carbocycles. The summed E-state index contributed by atoms with van der Waals surface area (Å²) in [5.41, 5.74) is 0.494. The summed E-state index contributed by atoms with van der Waals surface area (Å²) in [6, 6.07) is 3.31. The predicted octanol–water partition coefficient (Wildman–Crippen LogP) is 1.57. The van der Waals surface area contributed by atoms with Crippen LogP contribution in [0, 0.1) is 5.82 Å². The van der Waals surface area contributed by atoms with Gasteiger partial charge >= 0.3 is 0 Å². The molecule has 1 unspecified atom stereocenters. The van der Waals surface area contributed by atoms with Gasteiger partial charge in [0.1, 0.15) is 5.82 Å². The SMILES string of the molecule is CNC(C)C(=O)c1ccc(F)cc1NC(C)=O. The maximum absolute atomic E-state index is 13.1. The van der Waals surface area contributed by atoms with Crippen molar-refractivity contribution < 1.29 is 14.0 Å². The third kappa shape index (κ3) is 3.35. The van der Waals surface area contributed by atoms with Crippen LogP contribution < -0.4 is 10.6 Å². The highest BCUT2D eigenvalue weighted by Crippen LogP contribution is 2.19. The average molecular weight is 238 g/mol. The van der Waals surface area contributed by atoms with Crippen LogP contribution in [0.15, 0.2) is 18.2 Å². The molecule has 0 saturated carbocycles. The molecule has 0 bridgehead atoms. The summed E-state index contributed by atoms with van der Waals surface area (Å²) in [5, 5.41) is 5.25. The predicted molar refractivity (Wildman–Crippen MR) is 63.6 cm³/mol. The maximum atomic E-state index is 13.1. The van der Waals surface area contributed by atoms with E-state index in [2.05, 4.69) is 10.6 Å². The van der Waals surface area contributed by atoms with Gasteiger partial charge in [-0.1, -0.05) is 0 Å². The molecule has 0 aliphatic carbocycles. The Bertz CT molecular complexity index is 446. The Morgan fingerprint density at radius 1 is 1.35 bits per heavy atom. The van der Waals surface area contributed by atoms with E-state index in [4.69, 9.17) is 0 Å². The Balaban J connectivity index is 3.13. The van der Waals surface area contributed by atoms with Gasteiger partial charge in [0.25, 0.3) is 0 Å². The summed E-state index contributed by atoms with van der Waals surface area (Å²) >= 11 is 0. The van der Waals surface area contributed by atoms with Gasteiger partial charge in [-0.15, -0.1) is 0 Å². The first-order valence-corrected chi connectivity index (χ1v) is 5.24. The lowest BCUT2D eigenvalue weighted by atomic mass is 10.0. The minimum absolute atomic E-state index is 0.198. The second-order valence-corrected chi connectivity index (χ2v) is 3.75. The van der Waals surface area contributed by atoms with Crippen LogP contribution in [-0.2, 0) is 4.79 Å². The lowest BCUT2D eigenvalue weighted by Crippen LogP contribution is -2.31. The van der Waals surface area contributed by atoms with Crippen LogP contribution in [0.2, 0.25) is 0 Å². The highest BCUT2D eigenvalue weighted by Gasteiger charge is 2.17. The van der Waals surface area contributed by atoms with Crippen molar-refractivity contribution in [1.29, 1.82) is 0 Å². The molecule has 0 saturated heterocycles. The molecule has 0 aliphatic rings. The zero-order chi connectivity index (χ0) is 13.0. The Morgan fingerprint density at radius 3 is 2.53 bits per heavy atom. The average Bonchev–Trinajstić information content (AvgIpc) is 2.26. The Kier molecular flexibility index (Phi) is 4.34. The molecule has 4 nitrogen and oxygen atoms in total. The van der Waals surface area contributed by atoms with Gasteiger partial charge < -0.3 is 10.6 Å². The van der Waals surface area contributed by atoms with Crippen molar-refractivity contribution in [3.8, 4) is 0 Å². The van der Waals surface area contributed by atoms with Gasteiger partial charge in [-0.05, 0) is 32.2 Å². The van der Waals surface area contributed by atoms with E-state index < -0.39 is 11.9 Å². The monoisotopic (exact) mass is 238 g/mol. The Hall–Kier alpha value is -1.75. The first-order valence-electron chi connectivity index (χ1n) is 5.24. The highest BCUT2D eigenvalue weighted by molar-refractivity contribution is 6.06. The number of Topliss-reactive ketones (excluding diaryl/α,β-unsaturated/α-hetero) is 1. The van der Waals surface area contributed by atoms with Crippen LogP contribution in [0.3, 0.4) is 0 Å². The minimum atomic E-state index is -0.498. The lowest BCUT2D eigenvalue weighted by Gasteiger charge is -2.13. The Labute approximate surface area is 99.2 Å². The van der Waals surface area contributed by atoms with Crippen molar-refractivity contribution in [2.75, 3.05) is 12.4 Å². The molecule has 0 aliphatic heterocycles. The van der Waals surface area contributed by atoms with Crippen LogP contribution in [0.5, 0.6) is 0 Å². The van der Waals surface area contributed by atoms with Gasteiger partial charge in [0.05, 0.1) is 11.7 Å². The summed E-state index contributed by atoms with van der Waals surface area (Å²) < 4.78 is 13.1. The first-order chi connectivity index (χ1) is 7.95. The number of rotatable bonds is 4. The number of nitrogens with one attached hydrogen (secondary N) is 2. The van der Waals surface area contributed by atoms with Crippen LogP contribution in [0.25, 0.3) is 0 Å². The fraction of sp³-hybridized carbons (Fsp3) is 0.333. The zero-order valence-electron chi connectivity index (χ0n) is 10.0. The molecule has 17 heavy (non-hydrogen) atoms. The van der Waals surface area contributed by atoms with Crippen LogP contribution in [0.4, 0.5) is 10.1 Å². The van der Waals surface area contributed by atoms with Crippen LogP contribution >= 0.6 is 0 Å². The zero-order valence-corrected chi connectivity index (χ0v) is 10.0. The molecule has 1 aromatic rings. The molecule has 92 valence electrons. The molecular formula is C12H15FN2O2.